The maximum Gasteiger partial charge on any atom is 0.0231 e. The van der Waals surface area contributed by atoms with Crippen LogP contribution in [0.15, 0.2) is 59.5 Å². The molecule has 0 heterocycles. The highest BCUT2D eigenvalue weighted by molar-refractivity contribution is 7.98. The van der Waals surface area contributed by atoms with Crippen LogP contribution in [0.4, 0.5) is 0 Å². The second-order valence-corrected chi connectivity index (χ2v) is 6.60. The molecule has 0 atom stereocenters. The zero-order valence-electron chi connectivity index (χ0n) is 11.3. The van der Waals surface area contributed by atoms with Gasteiger partial charge in [0.1, 0.15) is 0 Å². The minimum Gasteiger partial charge on any atom is -0.121 e. The molecule has 0 nitrogen and oxygen atoms in total. The summed E-state index contributed by atoms with van der Waals surface area (Å²) in [5, 5.41) is 0. The van der Waals surface area contributed by atoms with E-state index >= 15 is 0 Å². The first-order chi connectivity index (χ1) is 8.55. The molecule has 2 aromatic rings. The molecule has 0 aliphatic rings. The fraction of sp³-hybridized carbons (Fsp3) is 0.294. The third kappa shape index (κ3) is 3.64. The Bertz CT molecular complexity index is 477. The van der Waals surface area contributed by atoms with Crippen molar-refractivity contribution in [1.82, 2.24) is 0 Å². The van der Waals surface area contributed by atoms with Gasteiger partial charge in [-0.1, -0.05) is 63.2 Å². The molecule has 0 radical (unpaired) electrons. The van der Waals surface area contributed by atoms with Crippen molar-refractivity contribution in [3.63, 3.8) is 0 Å². The van der Waals surface area contributed by atoms with E-state index in [0.717, 1.165) is 5.75 Å². The Hall–Kier alpha value is -1.21. The molecule has 1 heteroatoms. The van der Waals surface area contributed by atoms with Crippen LogP contribution in [-0.2, 0) is 11.2 Å². The molecule has 18 heavy (non-hydrogen) atoms. The number of thioether (sulfide) groups is 1. The van der Waals surface area contributed by atoms with Crippen LogP contribution in [0.1, 0.15) is 31.9 Å². The summed E-state index contributed by atoms with van der Waals surface area (Å²) in [5.41, 5.74) is 3.01. The molecule has 0 aromatic heterocycles. The van der Waals surface area contributed by atoms with E-state index in [4.69, 9.17) is 0 Å². The summed E-state index contributed by atoms with van der Waals surface area (Å²) in [6.45, 7) is 6.75. The molecule has 0 saturated heterocycles. The number of hydrogen-bond donors (Lipinski definition) is 0. The molecular weight excluding hydrogens is 236 g/mol. The highest BCUT2D eigenvalue weighted by Crippen LogP contribution is 2.27. The third-order valence-corrected chi connectivity index (χ3v) is 4.05. The summed E-state index contributed by atoms with van der Waals surface area (Å²) in [7, 11) is 0. The fourth-order valence-electron chi connectivity index (χ4n) is 1.79. The van der Waals surface area contributed by atoms with Crippen molar-refractivity contribution in [3.8, 4) is 0 Å². The van der Waals surface area contributed by atoms with Gasteiger partial charge in [-0.2, -0.15) is 0 Å². The van der Waals surface area contributed by atoms with Crippen LogP contribution in [-0.4, -0.2) is 0 Å². The third-order valence-electron chi connectivity index (χ3n) is 2.97. The van der Waals surface area contributed by atoms with E-state index in [2.05, 4.69) is 75.4 Å². The maximum atomic E-state index is 2.25. The predicted molar refractivity (Wildman–Crippen MR) is 81.1 cm³/mol. The number of hydrogen-bond acceptors (Lipinski definition) is 1. The minimum absolute atomic E-state index is 0.239. The molecule has 0 N–H and O–H groups in total. The van der Waals surface area contributed by atoms with Crippen LogP contribution in [0.5, 0.6) is 0 Å². The fourth-order valence-corrected chi connectivity index (χ4v) is 2.65. The van der Waals surface area contributed by atoms with E-state index < -0.39 is 0 Å². The standard InChI is InChI=1S/C17H20S/c1-17(2,3)15-9-11-16(12-10-15)18-13-14-7-5-4-6-8-14/h4-12H,13H2,1-3H3. The molecule has 0 saturated carbocycles. The SMILES string of the molecule is CC(C)(C)c1ccc(SCc2ccccc2)cc1. The van der Waals surface area contributed by atoms with Crippen molar-refractivity contribution in [3.05, 3.63) is 65.7 Å². The zero-order valence-corrected chi connectivity index (χ0v) is 12.1. The van der Waals surface area contributed by atoms with Crippen LogP contribution in [0.2, 0.25) is 0 Å². The van der Waals surface area contributed by atoms with Crippen LogP contribution in [0.3, 0.4) is 0 Å². The van der Waals surface area contributed by atoms with Crippen molar-refractivity contribution in [2.45, 2.75) is 36.8 Å². The molecule has 94 valence electrons. The second-order valence-electron chi connectivity index (χ2n) is 5.55. The lowest BCUT2D eigenvalue weighted by Crippen LogP contribution is -2.10. The molecule has 0 unspecified atom stereocenters. The molecule has 2 aromatic carbocycles. The van der Waals surface area contributed by atoms with Crippen LogP contribution < -0.4 is 0 Å². The minimum atomic E-state index is 0.239. The van der Waals surface area contributed by atoms with E-state index in [1.165, 1.54) is 16.0 Å². The summed E-state index contributed by atoms with van der Waals surface area (Å²) in [6.07, 6.45) is 0. The maximum absolute atomic E-state index is 2.25. The van der Waals surface area contributed by atoms with Crippen molar-refractivity contribution >= 4 is 11.8 Å². The van der Waals surface area contributed by atoms with Crippen molar-refractivity contribution in [2.24, 2.45) is 0 Å². The normalized spacial score (nSPS) is 11.5. The largest absolute Gasteiger partial charge is 0.121 e. The van der Waals surface area contributed by atoms with Gasteiger partial charge in [-0.3, -0.25) is 0 Å². The lowest BCUT2D eigenvalue weighted by molar-refractivity contribution is 0.590. The summed E-state index contributed by atoms with van der Waals surface area (Å²) >= 11 is 1.89. The lowest BCUT2D eigenvalue weighted by Gasteiger charge is -2.19. The first kappa shape index (κ1) is 13.2. The zero-order chi connectivity index (χ0) is 13.0. The Morgan fingerprint density at radius 2 is 1.44 bits per heavy atom. The summed E-state index contributed by atoms with van der Waals surface area (Å²) in [4.78, 5) is 1.34. The van der Waals surface area contributed by atoms with Gasteiger partial charge in [-0.25, -0.2) is 0 Å². The van der Waals surface area contributed by atoms with E-state index in [9.17, 15) is 0 Å². The summed E-state index contributed by atoms with van der Waals surface area (Å²) in [6, 6.07) is 19.6. The molecule has 0 aliphatic carbocycles. The molecule has 0 spiro atoms. The van der Waals surface area contributed by atoms with Gasteiger partial charge >= 0.3 is 0 Å². The van der Waals surface area contributed by atoms with E-state index in [1.54, 1.807) is 0 Å². The molecular formula is C17H20S. The van der Waals surface area contributed by atoms with Gasteiger partial charge in [0.2, 0.25) is 0 Å². The molecule has 0 bridgehead atoms. The average Bonchev–Trinajstić information content (AvgIpc) is 2.37. The van der Waals surface area contributed by atoms with Gasteiger partial charge in [-0.15, -0.1) is 11.8 Å². The topological polar surface area (TPSA) is 0 Å². The molecule has 2 rings (SSSR count). The number of rotatable bonds is 3. The Morgan fingerprint density at radius 3 is 2.00 bits per heavy atom. The van der Waals surface area contributed by atoms with Gasteiger partial charge in [0.05, 0.1) is 0 Å². The Balaban J connectivity index is 1.99. The quantitative estimate of drug-likeness (QED) is 0.674. The van der Waals surface area contributed by atoms with Gasteiger partial charge in [0.25, 0.3) is 0 Å². The number of benzene rings is 2. The Labute approximate surface area is 114 Å². The molecule has 0 amide bonds. The first-order valence-electron chi connectivity index (χ1n) is 6.33. The Morgan fingerprint density at radius 1 is 0.833 bits per heavy atom. The van der Waals surface area contributed by atoms with Gasteiger partial charge in [-0.05, 0) is 28.7 Å². The highest BCUT2D eigenvalue weighted by Gasteiger charge is 2.12. The van der Waals surface area contributed by atoms with Crippen molar-refractivity contribution < 1.29 is 0 Å². The highest BCUT2D eigenvalue weighted by atomic mass is 32.2. The van der Waals surface area contributed by atoms with Crippen LogP contribution >= 0.6 is 11.8 Å². The first-order valence-corrected chi connectivity index (χ1v) is 7.31. The van der Waals surface area contributed by atoms with Crippen LogP contribution in [0.25, 0.3) is 0 Å². The van der Waals surface area contributed by atoms with Crippen molar-refractivity contribution in [1.29, 1.82) is 0 Å². The Kier molecular flexibility index (Phi) is 4.13. The molecule has 0 fully saturated rings. The monoisotopic (exact) mass is 256 g/mol. The van der Waals surface area contributed by atoms with Crippen molar-refractivity contribution in [2.75, 3.05) is 0 Å². The van der Waals surface area contributed by atoms with Gasteiger partial charge < -0.3 is 0 Å². The lowest BCUT2D eigenvalue weighted by atomic mass is 9.87. The van der Waals surface area contributed by atoms with Crippen LogP contribution in [0, 0.1) is 0 Å². The van der Waals surface area contributed by atoms with Gasteiger partial charge in [0.15, 0.2) is 0 Å². The van der Waals surface area contributed by atoms with E-state index in [1.807, 2.05) is 11.8 Å². The average molecular weight is 256 g/mol. The smallest absolute Gasteiger partial charge is 0.0231 e. The second kappa shape index (κ2) is 5.62. The molecule has 0 aliphatic heterocycles. The van der Waals surface area contributed by atoms with E-state index in [-0.39, 0.29) is 5.41 Å². The van der Waals surface area contributed by atoms with Gasteiger partial charge in [0, 0.05) is 10.6 Å². The summed E-state index contributed by atoms with van der Waals surface area (Å²) < 4.78 is 0. The summed E-state index contributed by atoms with van der Waals surface area (Å²) in [5.74, 6) is 1.04. The predicted octanol–water partition coefficient (Wildman–Crippen LogP) is 5.28. The van der Waals surface area contributed by atoms with E-state index in [0.29, 0.717) is 0 Å².